The van der Waals surface area contributed by atoms with E-state index in [1.54, 1.807) is 11.8 Å². The van der Waals surface area contributed by atoms with E-state index in [0.717, 1.165) is 35.6 Å². The predicted molar refractivity (Wildman–Crippen MR) is 119 cm³/mol. The second-order valence-corrected chi connectivity index (χ2v) is 8.77. The number of benzene rings is 2. The summed E-state index contributed by atoms with van der Waals surface area (Å²) < 4.78 is 13.5. The molecule has 2 heterocycles. The number of hydrogen-bond donors (Lipinski definition) is 0. The third-order valence-electron chi connectivity index (χ3n) is 5.37. The monoisotopic (exact) mass is 421 g/mol. The number of carbonyl (C=O) groups is 1. The third kappa shape index (κ3) is 5.55. The number of nitrogens with zero attached hydrogens (tertiary/aromatic N) is 1. The molecule has 3 aromatic rings. The number of aromatic nitrogens is 1. The summed E-state index contributed by atoms with van der Waals surface area (Å²) in [5, 5.41) is 0. The SMILES string of the molecule is CCC1CC(C(=O)Oc2cccc(Sc3ccc(Cn4cccc4)cc3)c2)CCO1. The van der Waals surface area contributed by atoms with Crippen molar-refractivity contribution in [1.29, 1.82) is 0 Å². The summed E-state index contributed by atoms with van der Waals surface area (Å²) in [6.45, 7) is 3.59. The van der Waals surface area contributed by atoms with Crippen molar-refractivity contribution in [3.05, 3.63) is 78.6 Å². The Hall–Kier alpha value is -2.50. The van der Waals surface area contributed by atoms with E-state index >= 15 is 0 Å². The predicted octanol–water partition coefficient (Wildman–Crippen LogP) is 5.80. The van der Waals surface area contributed by atoms with Crippen molar-refractivity contribution in [2.45, 2.75) is 48.6 Å². The second-order valence-electron chi connectivity index (χ2n) is 7.62. The number of ether oxygens (including phenoxy) is 2. The van der Waals surface area contributed by atoms with Crippen molar-refractivity contribution < 1.29 is 14.3 Å². The molecule has 156 valence electrons. The molecule has 30 heavy (non-hydrogen) atoms. The maximum absolute atomic E-state index is 12.6. The van der Waals surface area contributed by atoms with E-state index in [1.165, 1.54) is 5.56 Å². The van der Waals surface area contributed by atoms with Crippen LogP contribution in [0.1, 0.15) is 31.7 Å². The van der Waals surface area contributed by atoms with Crippen LogP contribution in [0.3, 0.4) is 0 Å². The molecule has 1 aliphatic rings. The maximum atomic E-state index is 12.6. The molecule has 1 aliphatic heterocycles. The Bertz CT molecular complexity index is 953. The Morgan fingerprint density at radius 2 is 1.90 bits per heavy atom. The summed E-state index contributed by atoms with van der Waals surface area (Å²) >= 11 is 1.67. The van der Waals surface area contributed by atoms with Crippen LogP contribution in [-0.2, 0) is 16.1 Å². The van der Waals surface area contributed by atoms with Gasteiger partial charge in [-0.2, -0.15) is 0 Å². The summed E-state index contributed by atoms with van der Waals surface area (Å²) in [5.41, 5.74) is 1.26. The second kappa shape index (κ2) is 10.0. The lowest BCUT2D eigenvalue weighted by Crippen LogP contribution is -2.32. The topological polar surface area (TPSA) is 40.5 Å². The van der Waals surface area contributed by atoms with Crippen molar-refractivity contribution in [1.82, 2.24) is 4.57 Å². The van der Waals surface area contributed by atoms with E-state index in [-0.39, 0.29) is 18.0 Å². The van der Waals surface area contributed by atoms with Crippen LogP contribution in [0.15, 0.2) is 82.8 Å². The lowest BCUT2D eigenvalue weighted by molar-refractivity contribution is -0.144. The molecule has 5 heteroatoms. The van der Waals surface area contributed by atoms with Gasteiger partial charge in [0.15, 0.2) is 0 Å². The normalized spacial score (nSPS) is 18.8. The van der Waals surface area contributed by atoms with Gasteiger partial charge in [-0.3, -0.25) is 4.79 Å². The van der Waals surface area contributed by atoms with Gasteiger partial charge in [0, 0.05) is 35.3 Å². The lowest BCUT2D eigenvalue weighted by atomic mass is 9.94. The Balaban J connectivity index is 1.35. The Labute approximate surface area is 182 Å². The highest BCUT2D eigenvalue weighted by atomic mass is 32.2. The fourth-order valence-corrected chi connectivity index (χ4v) is 4.53. The minimum Gasteiger partial charge on any atom is -0.426 e. The van der Waals surface area contributed by atoms with Crippen molar-refractivity contribution in [2.75, 3.05) is 6.61 Å². The van der Waals surface area contributed by atoms with Crippen LogP contribution in [0.4, 0.5) is 0 Å². The molecular weight excluding hydrogens is 394 g/mol. The highest BCUT2D eigenvalue weighted by Crippen LogP contribution is 2.31. The van der Waals surface area contributed by atoms with Crippen molar-refractivity contribution in [3.63, 3.8) is 0 Å². The van der Waals surface area contributed by atoms with E-state index in [4.69, 9.17) is 9.47 Å². The smallest absolute Gasteiger partial charge is 0.314 e. The molecule has 2 aromatic carbocycles. The van der Waals surface area contributed by atoms with E-state index in [9.17, 15) is 4.79 Å². The molecule has 0 spiro atoms. The number of hydrogen-bond acceptors (Lipinski definition) is 4. The van der Waals surface area contributed by atoms with Crippen LogP contribution < -0.4 is 4.74 Å². The van der Waals surface area contributed by atoms with Gasteiger partial charge in [-0.15, -0.1) is 0 Å². The number of carbonyl (C=O) groups excluding carboxylic acids is 1. The summed E-state index contributed by atoms with van der Waals surface area (Å²) in [4.78, 5) is 14.8. The number of rotatable bonds is 7. The zero-order valence-corrected chi connectivity index (χ0v) is 18.0. The van der Waals surface area contributed by atoms with Crippen LogP contribution in [0.25, 0.3) is 0 Å². The molecule has 0 saturated carbocycles. The van der Waals surface area contributed by atoms with Crippen molar-refractivity contribution >= 4 is 17.7 Å². The van der Waals surface area contributed by atoms with E-state index < -0.39 is 0 Å². The van der Waals surface area contributed by atoms with Gasteiger partial charge in [-0.05, 0) is 67.3 Å². The third-order valence-corrected chi connectivity index (χ3v) is 6.37. The molecule has 0 N–H and O–H groups in total. The fourth-order valence-electron chi connectivity index (χ4n) is 3.66. The molecule has 2 unspecified atom stereocenters. The van der Waals surface area contributed by atoms with Gasteiger partial charge in [0.25, 0.3) is 0 Å². The first kappa shape index (κ1) is 20.8. The summed E-state index contributed by atoms with van der Waals surface area (Å²) in [6, 6.07) is 20.4. The maximum Gasteiger partial charge on any atom is 0.314 e. The molecule has 4 nitrogen and oxygen atoms in total. The molecule has 0 radical (unpaired) electrons. The van der Waals surface area contributed by atoms with Gasteiger partial charge in [-0.25, -0.2) is 0 Å². The molecular formula is C25H27NO3S. The molecule has 0 bridgehead atoms. The number of esters is 1. The standard InChI is InChI=1S/C25H27NO3S/c1-2-21-16-20(12-15-28-21)25(27)29-22-6-5-7-24(17-22)30-23-10-8-19(9-11-23)18-26-13-3-4-14-26/h3-11,13-14,17,20-21H,2,12,15-16,18H2,1H3. The first-order valence-corrected chi connectivity index (χ1v) is 11.3. The van der Waals surface area contributed by atoms with Crippen LogP contribution >= 0.6 is 11.8 Å². The average Bonchev–Trinajstić information content (AvgIpc) is 3.28. The van der Waals surface area contributed by atoms with Crippen LogP contribution in [0.5, 0.6) is 5.75 Å². The van der Waals surface area contributed by atoms with Crippen LogP contribution in [0, 0.1) is 5.92 Å². The van der Waals surface area contributed by atoms with Crippen molar-refractivity contribution in [2.24, 2.45) is 5.92 Å². The van der Waals surface area contributed by atoms with E-state index in [2.05, 4.69) is 48.1 Å². The summed E-state index contributed by atoms with van der Waals surface area (Å²) in [7, 11) is 0. The highest BCUT2D eigenvalue weighted by Gasteiger charge is 2.28. The Morgan fingerprint density at radius 1 is 1.10 bits per heavy atom. The van der Waals surface area contributed by atoms with Gasteiger partial charge in [-0.1, -0.05) is 36.9 Å². The zero-order chi connectivity index (χ0) is 20.8. The van der Waals surface area contributed by atoms with E-state index in [1.807, 2.05) is 36.4 Å². The molecule has 1 saturated heterocycles. The molecule has 0 aliphatic carbocycles. The average molecular weight is 422 g/mol. The zero-order valence-electron chi connectivity index (χ0n) is 17.2. The molecule has 0 amide bonds. The van der Waals surface area contributed by atoms with Gasteiger partial charge < -0.3 is 14.0 Å². The van der Waals surface area contributed by atoms with Crippen LogP contribution in [0.2, 0.25) is 0 Å². The minimum atomic E-state index is -0.145. The lowest BCUT2D eigenvalue weighted by Gasteiger charge is -2.27. The largest absolute Gasteiger partial charge is 0.426 e. The highest BCUT2D eigenvalue weighted by molar-refractivity contribution is 7.99. The van der Waals surface area contributed by atoms with E-state index in [0.29, 0.717) is 12.4 Å². The molecule has 2 atom stereocenters. The molecule has 1 aromatic heterocycles. The van der Waals surface area contributed by atoms with Gasteiger partial charge in [0.2, 0.25) is 0 Å². The van der Waals surface area contributed by atoms with Gasteiger partial charge >= 0.3 is 5.97 Å². The van der Waals surface area contributed by atoms with Crippen LogP contribution in [-0.4, -0.2) is 23.2 Å². The first-order valence-electron chi connectivity index (χ1n) is 10.5. The summed E-state index contributed by atoms with van der Waals surface area (Å²) in [6.07, 6.45) is 6.72. The van der Waals surface area contributed by atoms with Gasteiger partial charge in [0.1, 0.15) is 5.75 Å². The first-order chi connectivity index (χ1) is 14.7. The Morgan fingerprint density at radius 3 is 2.67 bits per heavy atom. The molecule has 4 rings (SSSR count). The Kier molecular flexibility index (Phi) is 6.92. The fraction of sp³-hybridized carbons (Fsp3) is 0.320. The quantitative estimate of drug-likeness (QED) is 0.357. The van der Waals surface area contributed by atoms with Crippen molar-refractivity contribution in [3.8, 4) is 5.75 Å². The summed E-state index contributed by atoms with van der Waals surface area (Å²) in [5.74, 6) is 0.384. The molecule has 1 fully saturated rings. The minimum absolute atomic E-state index is 0.0761. The van der Waals surface area contributed by atoms with Gasteiger partial charge in [0.05, 0.1) is 12.0 Å².